The van der Waals surface area contributed by atoms with Gasteiger partial charge in [-0.05, 0) is 50.3 Å². The quantitative estimate of drug-likeness (QED) is 0.806. The zero-order valence-electron chi connectivity index (χ0n) is 15.5. The smallest absolute Gasteiger partial charge is 0.261 e. The molecule has 6 nitrogen and oxygen atoms in total. The summed E-state index contributed by atoms with van der Waals surface area (Å²) in [6.07, 6.45) is 3.98. The van der Waals surface area contributed by atoms with Gasteiger partial charge in [-0.25, -0.2) is 0 Å². The Morgan fingerprint density at radius 1 is 1.21 bits per heavy atom. The molecule has 1 aromatic heterocycles. The highest BCUT2D eigenvalue weighted by molar-refractivity contribution is 7.16. The van der Waals surface area contributed by atoms with Crippen LogP contribution in [0.5, 0.6) is 0 Å². The lowest BCUT2D eigenvalue weighted by molar-refractivity contribution is -0.116. The second-order valence-corrected chi connectivity index (χ2v) is 8.24. The number of amides is 3. The summed E-state index contributed by atoms with van der Waals surface area (Å²) in [4.78, 5) is 39.7. The molecule has 0 saturated heterocycles. The molecule has 28 heavy (non-hydrogen) atoms. The lowest BCUT2D eigenvalue weighted by atomic mass is 9.96. The molecule has 1 N–H and O–H groups in total. The van der Waals surface area contributed by atoms with Gasteiger partial charge in [0, 0.05) is 17.8 Å². The number of anilines is 1. The first-order valence-corrected chi connectivity index (χ1v) is 10.1. The summed E-state index contributed by atoms with van der Waals surface area (Å²) >= 11 is 1.46. The van der Waals surface area contributed by atoms with E-state index >= 15 is 0 Å². The Labute approximate surface area is 166 Å². The van der Waals surface area contributed by atoms with Crippen molar-refractivity contribution in [1.82, 2.24) is 4.90 Å². The highest BCUT2D eigenvalue weighted by atomic mass is 32.1. The first-order valence-electron chi connectivity index (χ1n) is 9.31. The number of carbonyl (C=O) groups excluding carboxylic acids is 3. The predicted octanol–water partition coefficient (Wildman–Crippen LogP) is 3.43. The SMILES string of the molecule is Cc1ccc2c(c1)C(=O)N(CCC(=O)Nc1sc3c(c1C#N)CCCC3)C2=O. The van der Waals surface area contributed by atoms with Crippen molar-refractivity contribution >= 4 is 34.1 Å². The molecular weight excluding hydrogens is 374 g/mol. The predicted molar refractivity (Wildman–Crippen MR) is 105 cm³/mol. The maximum absolute atomic E-state index is 12.5. The van der Waals surface area contributed by atoms with Crippen LogP contribution in [-0.2, 0) is 17.6 Å². The molecule has 3 amide bonds. The molecule has 1 aliphatic heterocycles. The molecule has 7 heteroatoms. The minimum atomic E-state index is -0.364. The van der Waals surface area contributed by atoms with Crippen LogP contribution >= 0.6 is 11.3 Å². The Balaban J connectivity index is 1.44. The van der Waals surface area contributed by atoms with Crippen LogP contribution in [0.25, 0.3) is 0 Å². The van der Waals surface area contributed by atoms with Gasteiger partial charge in [-0.3, -0.25) is 19.3 Å². The van der Waals surface area contributed by atoms with E-state index < -0.39 is 0 Å². The first-order chi connectivity index (χ1) is 13.5. The molecular formula is C21H19N3O3S. The van der Waals surface area contributed by atoms with E-state index in [1.165, 1.54) is 16.2 Å². The number of hydrogen-bond donors (Lipinski definition) is 1. The summed E-state index contributed by atoms with van der Waals surface area (Å²) < 4.78 is 0. The standard InChI is InChI=1S/C21H19N3O3S/c1-12-6-7-14-15(10-12)21(27)24(20(14)26)9-8-18(25)23-19-16(11-22)13-4-2-3-5-17(13)28-19/h6-7,10H,2-5,8-9H2,1H3,(H,23,25). The third-order valence-corrected chi connectivity index (χ3v) is 6.43. The van der Waals surface area contributed by atoms with E-state index in [-0.39, 0.29) is 30.7 Å². The summed E-state index contributed by atoms with van der Waals surface area (Å²) in [7, 11) is 0. The number of nitrogens with one attached hydrogen (secondary N) is 1. The van der Waals surface area contributed by atoms with Crippen molar-refractivity contribution < 1.29 is 14.4 Å². The van der Waals surface area contributed by atoms with Crippen molar-refractivity contribution in [2.75, 3.05) is 11.9 Å². The van der Waals surface area contributed by atoms with Crippen LogP contribution in [0.3, 0.4) is 0 Å². The van der Waals surface area contributed by atoms with Crippen LogP contribution in [0.4, 0.5) is 5.00 Å². The molecule has 0 radical (unpaired) electrons. The molecule has 1 aromatic carbocycles. The van der Waals surface area contributed by atoms with E-state index in [4.69, 9.17) is 0 Å². The summed E-state index contributed by atoms with van der Waals surface area (Å²) in [5.41, 5.74) is 3.30. The molecule has 4 rings (SSSR count). The van der Waals surface area contributed by atoms with E-state index in [0.717, 1.165) is 41.7 Å². The Bertz CT molecular complexity index is 1050. The maximum Gasteiger partial charge on any atom is 0.261 e. The number of carbonyl (C=O) groups is 3. The van der Waals surface area contributed by atoms with E-state index in [0.29, 0.717) is 21.7 Å². The van der Waals surface area contributed by atoms with Gasteiger partial charge in [0.15, 0.2) is 0 Å². The number of nitriles is 1. The number of benzene rings is 1. The molecule has 0 fully saturated rings. The van der Waals surface area contributed by atoms with E-state index in [1.807, 2.05) is 6.92 Å². The zero-order valence-corrected chi connectivity index (χ0v) is 16.3. The second kappa shape index (κ2) is 7.21. The maximum atomic E-state index is 12.5. The van der Waals surface area contributed by atoms with Gasteiger partial charge in [-0.1, -0.05) is 11.6 Å². The van der Waals surface area contributed by atoms with Gasteiger partial charge in [0.1, 0.15) is 11.1 Å². The largest absolute Gasteiger partial charge is 0.317 e. The molecule has 0 atom stereocenters. The van der Waals surface area contributed by atoms with Crippen molar-refractivity contribution in [2.45, 2.75) is 39.0 Å². The molecule has 142 valence electrons. The molecule has 0 bridgehead atoms. The number of aryl methyl sites for hydroxylation is 2. The van der Waals surface area contributed by atoms with Crippen LogP contribution in [0.15, 0.2) is 18.2 Å². The van der Waals surface area contributed by atoms with Gasteiger partial charge in [0.05, 0.1) is 16.7 Å². The fraction of sp³-hybridized carbons (Fsp3) is 0.333. The average molecular weight is 393 g/mol. The van der Waals surface area contributed by atoms with Crippen LogP contribution < -0.4 is 5.32 Å². The summed E-state index contributed by atoms with van der Waals surface area (Å²) in [5.74, 6) is -1.03. The Kier molecular flexibility index (Phi) is 4.73. The number of thiophene rings is 1. The number of rotatable bonds is 4. The van der Waals surface area contributed by atoms with Crippen LogP contribution in [-0.4, -0.2) is 29.2 Å². The Morgan fingerprint density at radius 3 is 2.75 bits per heavy atom. The highest BCUT2D eigenvalue weighted by Gasteiger charge is 2.35. The zero-order chi connectivity index (χ0) is 19.8. The molecule has 0 unspecified atom stereocenters. The third-order valence-electron chi connectivity index (χ3n) is 5.22. The molecule has 2 aliphatic rings. The minimum Gasteiger partial charge on any atom is -0.317 e. The van der Waals surface area contributed by atoms with Gasteiger partial charge in [0.25, 0.3) is 11.8 Å². The number of nitrogens with zero attached hydrogens (tertiary/aromatic N) is 2. The number of fused-ring (bicyclic) bond motifs is 2. The molecule has 0 spiro atoms. The second-order valence-electron chi connectivity index (χ2n) is 7.14. The number of hydrogen-bond acceptors (Lipinski definition) is 5. The molecule has 0 saturated carbocycles. The van der Waals surface area contributed by atoms with Gasteiger partial charge < -0.3 is 5.32 Å². The monoisotopic (exact) mass is 393 g/mol. The average Bonchev–Trinajstić information content (AvgIpc) is 3.14. The summed E-state index contributed by atoms with van der Waals surface area (Å²) in [5, 5.41) is 12.9. The lowest BCUT2D eigenvalue weighted by Crippen LogP contribution is -2.32. The molecule has 2 heterocycles. The van der Waals surface area contributed by atoms with Gasteiger partial charge in [-0.15, -0.1) is 11.3 Å². The van der Waals surface area contributed by atoms with E-state index in [2.05, 4.69) is 11.4 Å². The Morgan fingerprint density at radius 2 is 1.96 bits per heavy atom. The Hall–Kier alpha value is -2.98. The van der Waals surface area contributed by atoms with Gasteiger partial charge in [0.2, 0.25) is 5.91 Å². The third kappa shape index (κ3) is 3.10. The molecule has 2 aromatic rings. The topological polar surface area (TPSA) is 90.3 Å². The molecule has 1 aliphatic carbocycles. The van der Waals surface area contributed by atoms with Crippen molar-refractivity contribution in [3.05, 3.63) is 50.9 Å². The fourth-order valence-electron chi connectivity index (χ4n) is 3.78. The van der Waals surface area contributed by atoms with Crippen LogP contribution in [0, 0.1) is 18.3 Å². The van der Waals surface area contributed by atoms with Gasteiger partial charge >= 0.3 is 0 Å². The van der Waals surface area contributed by atoms with E-state index in [9.17, 15) is 19.6 Å². The summed E-state index contributed by atoms with van der Waals surface area (Å²) in [6, 6.07) is 7.36. The van der Waals surface area contributed by atoms with Gasteiger partial charge in [-0.2, -0.15) is 5.26 Å². The first kappa shape index (κ1) is 18.4. The lowest BCUT2D eigenvalue weighted by Gasteiger charge is -2.13. The fourth-order valence-corrected chi connectivity index (χ4v) is 5.04. The van der Waals surface area contributed by atoms with Crippen LogP contribution in [0.1, 0.15) is 61.5 Å². The number of imide groups is 1. The van der Waals surface area contributed by atoms with Crippen molar-refractivity contribution in [2.24, 2.45) is 0 Å². The van der Waals surface area contributed by atoms with Crippen molar-refractivity contribution in [1.29, 1.82) is 5.26 Å². The summed E-state index contributed by atoms with van der Waals surface area (Å²) in [6.45, 7) is 1.88. The minimum absolute atomic E-state index is 0.00210. The van der Waals surface area contributed by atoms with Crippen LogP contribution in [0.2, 0.25) is 0 Å². The van der Waals surface area contributed by atoms with Crippen molar-refractivity contribution in [3.8, 4) is 6.07 Å². The normalized spacial score (nSPS) is 15.2. The van der Waals surface area contributed by atoms with Crippen molar-refractivity contribution in [3.63, 3.8) is 0 Å². The highest BCUT2D eigenvalue weighted by Crippen LogP contribution is 2.37. The van der Waals surface area contributed by atoms with E-state index in [1.54, 1.807) is 18.2 Å².